The van der Waals surface area contributed by atoms with E-state index < -0.39 is 0 Å². The molecule has 0 spiro atoms. The highest BCUT2D eigenvalue weighted by atomic mass is 16.2. The Hall–Kier alpha value is -1.39. The number of hydrogen-bond acceptors (Lipinski definition) is 3. The quantitative estimate of drug-likeness (QED) is 0.798. The molecule has 1 aromatic rings. The van der Waals surface area contributed by atoms with Gasteiger partial charge in [-0.15, -0.1) is 0 Å². The first-order valence-electron chi connectivity index (χ1n) is 7.48. The van der Waals surface area contributed by atoms with Gasteiger partial charge < -0.3 is 9.80 Å². The van der Waals surface area contributed by atoms with E-state index >= 15 is 0 Å². The molecular weight excluding hydrogens is 250 g/mol. The zero-order valence-corrected chi connectivity index (χ0v) is 12.2. The molecule has 1 fully saturated rings. The van der Waals surface area contributed by atoms with Crippen LogP contribution in [0.2, 0.25) is 0 Å². The van der Waals surface area contributed by atoms with Gasteiger partial charge in [0.25, 0.3) is 0 Å². The number of fused-ring (bicyclic) bond motifs is 1. The van der Waals surface area contributed by atoms with Crippen LogP contribution in [0.4, 0.5) is 0 Å². The Morgan fingerprint density at radius 3 is 2.50 bits per heavy atom. The highest BCUT2D eigenvalue weighted by Crippen LogP contribution is 2.18. The molecule has 2 aliphatic rings. The lowest BCUT2D eigenvalue weighted by atomic mass is 10.00. The van der Waals surface area contributed by atoms with Crippen molar-refractivity contribution in [3.63, 3.8) is 0 Å². The normalized spacial score (nSPS) is 20.8. The molecule has 2 aliphatic heterocycles. The van der Waals surface area contributed by atoms with Crippen LogP contribution in [0.3, 0.4) is 0 Å². The minimum Gasteiger partial charge on any atom is -0.337 e. The zero-order chi connectivity index (χ0) is 13.9. The first-order chi connectivity index (χ1) is 9.72. The summed E-state index contributed by atoms with van der Waals surface area (Å²) >= 11 is 0. The van der Waals surface area contributed by atoms with Crippen LogP contribution in [0.25, 0.3) is 0 Å². The predicted octanol–water partition coefficient (Wildman–Crippen LogP) is 0.819. The van der Waals surface area contributed by atoms with E-state index in [0.29, 0.717) is 6.54 Å². The summed E-state index contributed by atoms with van der Waals surface area (Å²) in [7, 11) is 2.14. The lowest BCUT2D eigenvalue weighted by molar-refractivity contribution is -0.133. The SMILES string of the molecule is CN1CCN(CC(=O)N2CCc3ccccc3C2)CC1. The van der Waals surface area contributed by atoms with Gasteiger partial charge in [-0.25, -0.2) is 0 Å². The first-order valence-corrected chi connectivity index (χ1v) is 7.48. The Morgan fingerprint density at radius 2 is 1.75 bits per heavy atom. The zero-order valence-electron chi connectivity index (χ0n) is 12.2. The van der Waals surface area contributed by atoms with E-state index in [9.17, 15) is 4.79 Å². The van der Waals surface area contributed by atoms with Gasteiger partial charge in [-0.1, -0.05) is 24.3 Å². The Morgan fingerprint density at radius 1 is 1.05 bits per heavy atom. The van der Waals surface area contributed by atoms with Crippen molar-refractivity contribution in [1.82, 2.24) is 14.7 Å². The monoisotopic (exact) mass is 273 g/mol. The molecule has 1 aromatic carbocycles. The number of carbonyl (C=O) groups excluding carboxylic acids is 1. The number of carbonyl (C=O) groups is 1. The average molecular weight is 273 g/mol. The Labute approximate surface area is 121 Å². The van der Waals surface area contributed by atoms with Gasteiger partial charge in [-0.2, -0.15) is 0 Å². The number of piperazine rings is 1. The van der Waals surface area contributed by atoms with Crippen molar-refractivity contribution < 1.29 is 4.79 Å². The summed E-state index contributed by atoms with van der Waals surface area (Å²) in [4.78, 5) is 19.0. The van der Waals surface area contributed by atoms with Crippen molar-refractivity contribution in [2.75, 3.05) is 46.3 Å². The maximum absolute atomic E-state index is 12.4. The van der Waals surface area contributed by atoms with Crippen LogP contribution < -0.4 is 0 Å². The summed E-state index contributed by atoms with van der Waals surface area (Å²) < 4.78 is 0. The van der Waals surface area contributed by atoms with Gasteiger partial charge >= 0.3 is 0 Å². The molecule has 20 heavy (non-hydrogen) atoms. The molecule has 0 atom stereocenters. The third kappa shape index (κ3) is 3.02. The molecule has 4 heteroatoms. The number of rotatable bonds is 2. The second-order valence-corrected chi connectivity index (χ2v) is 5.91. The first kappa shape index (κ1) is 13.6. The van der Waals surface area contributed by atoms with Crippen LogP contribution in [-0.4, -0.2) is 66.9 Å². The van der Waals surface area contributed by atoms with E-state index in [2.05, 4.69) is 41.1 Å². The molecule has 4 nitrogen and oxygen atoms in total. The molecule has 0 bridgehead atoms. The number of benzene rings is 1. The number of amides is 1. The summed E-state index contributed by atoms with van der Waals surface area (Å²) in [5, 5.41) is 0. The molecule has 0 saturated carbocycles. The standard InChI is InChI=1S/C16H23N3O/c1-17-8-10-18(11-9-17)13-16(20)19-7-6-14-4-2-3-5-15(14)12-19/h2-5H,6-13H2,1H3. The third-order valence-electron chi connectivity index (χ3n) is 4.44. The second kappa shape index (κ2) is 5.94. The van der Waals surface area contributed by atoms with E-state index in [1.807, 2.05) is 4.90 Å². The molecule has 0 radical (unpaired) electrons. The molecule has 0 aliphatic carbocycles. The van der Waals surface area contributed by atoms with E-state index in [4.69, 9.17) is 0 Å². The molecule has 0 aromatic heterocycles. The van der Waals surface area contributed by atoms with E-state index in [1.54, 1.807) is 0 Å². The molecule has 1 amide bonds. The summed E-state index contributed by atoms with van der Waals surface area (Å²) in [6.45, 7) is 6.37. The summed E-state index contributed by atoms with van der Waals surface area (Å²) in [5.74, 6) is 0.282. The minimum atomic E-state index is 0.282. The van der Waals surface area contributed by atoms with Gasteiger partial charge in [0.1, 0.15) is 0 Å². The Balaban J connectivity index is 1.56. The molecule has 2 heterocycles. The Bertz CT molecular complexity index is 480. The van der Waals surface area contributed by atoms with Crippen molar-refractivity contribution in [1.29, 1.82) is 0 Å². The van der Waals surface area contributed by atoms with Gasteiger partial charge in [0, 0.05) is 39.3 Å². The van der Waals surface area contributed by atoms with Gasteiger partial charge in [-0.05, 0) is 24.6 Å². The smallest absolute Gasteiger partial charge is 0.237 e. The van der Waals surface area contributed by atoms with Crippen LogP contribution >= 0.6 is 0 Å². The topological polar surface area (TPSA) is 26.8 Å². The molecule has 0 unspecified atom stereocenters. The molecule has 3 rings (SSSR count). The van der Waals surface area contributed by atoms with Crippen molar-refractivity contribution >= 4 is 5.91 Å². The van der Waals surface area contributed by atoms with Crippen molar-refractivity contribution in [3.8, 4) is 0 Å². The molecule has 1 saturated heterocycles. The van der Waals surface area contributed by atoms with Gasteiger partial charge in [0.2, 0.25) is 5.91 Å². The lowest BCUT2D eigenvalue weighted by Gasteiger charge is -2.34. The third-order valence-corrected chi connectivity index (χ3v) is 4.44. The van der Waals surface area contributed by atoms with E-state index in [0.717, 1.165) is 45.7 Å². The Kier molecular flexibility index (Phi) is 4.03. The fourth-order valence-corrected chi connectivity index (χ4v) is 3.01. The van der Waals surface area contributed by atoms with Gasteiger partial charge in [0.15, 0.2) is 0 Å². The summed E-state index contributed by atoms with van der Waals surface area (Å²) in [5.41, 5.74) is 2.71. The maximum atomic E-state index is 12.4. The summed E-state index contributed by atoms with van der Waals surface area (Å²) in [6, 6.07) is 8.47. The van der Waals surface area contributed by atoms with Crippen LogP contribution in [0.5, 0.6) is 0 Å². The van der Waals surface area contributed by atoms with Gasteiger partial charge in [0.05, 0.1) is 6.54 Å². The van der Waals surface area contributed by atoms with Crippen LogP contribution in [-0.2, 0) is 17.8 Å². The average Bonchev–Trinajstić information content (AvgIpc) is 2.49. The van der Waals surface area contributed by atoms with E-state index in [-0.39, 0.29) is 5.91 Å². The summed E-state index contributed by atoms with van der Waals surface area (Å²) in [6.07, 6.45) is 0.991. The van der Waals surface area contributed by atoms with Crippen LogP contribution in [0.15, 0.2) is 24.3 Å². The second-order valence-electron chi connectivity index (χ2n) is 5.91. The van der Waals surface area contributed by atoms with Crippen molar-refractivity contribution in [2.45, 2.75) is 13.0 Å². The fourth-order valence-electron chi connectivity index (χ4n) is 3.01. The highest BCUT2D eigenvalue weighted by Gasteiger charge is 2.23. The highest BCUT2D eigenvalue weighted by molar-refractivity contribution is 5.78. The fraction of sp³-hybridized carbons (Fsp3) is 0.562. The van der Waals surface area contributed by atoms with Crippen LogP contribution in [0.1, 0.15) is 11.1 Å². The maximum Gasteiger partial charge on any atom is 0.237 e. The molecular formula is C16H23N3O. The molecule has 0 N–H and O–H groups in total. The van der Waals surface area contributed by atoms with Crippen molar-refractivity contribution in [3.05, 3.63) is 35.4 Å². The largest absolute Gasteiger partial charge is 0.337 e. The van der Waals surface area contributed by atoms with Crippen molar-refractivity contribution in [2.24, 2.45) is 0 Å². The number of hydrogen-bond donors (Lipinski definition) is 0. The minimum absolute atomic E-state index is 0.282. The number of likely N-dealkylation sites (N-methyl/N-ethyl adjacent to an activating group) is 1. The number of nitrogens with zero attached hydrogens (tertiary/aromatic N) is 3. The molecule has 108 valence electrons. The lowest BCUT2D eigenvalue weighted by Crippen LogP contribution is -2.49. The predicted molar refractivity (Wildman–Crippen MR) is 79.5 cm³/mol. The van der Waals surface area contributed by atoms with E-state index in [1.165, 1.54) is 11.1 Å². The van der Waals surface area contributed by atoms with Gasteiger partial charge in [-0.3, -0.25) is 9.69 Å². The van der Waals surface area contributed by atoms with Crippen LogP contribution in [0, 0.1) is 0 Å².